The summed E-state index contributed by atoms with van der Waals surface area (Å²) in [6.07, 6.45) is -0.801. The number of Topliss-reactive ketones (excluding diaryl/α,β-unsaturated/α-hetero) is 1. The lowest BCUT2D eigenvalue weighted by molar-refractivity contribution is 0.0319. The van der Waals surface area contributed by atoms with E-state index in [9.17, 15) is 9.59 Å². The van der Waals surface area contributed by atoms with Crippen LogP contribution in [0.1, 0.15) is 33.2 Å². The Morgan fingerprint density at radius 1 is 0.900 bits per heavy atom. The Kier molecular flexibility index (Phi) is 4.31. The molecule has 0 saturated heterocycles. The van der Waals surface area contributed by atoms with Crippen molar-refractivity contribution in [2.45, 2.75) is 20.0 Å². The third-order valence-corrected chi connectivity index (χ3v) is 3.00. The van der Waals surface area contributed by atoms with Gasteiger partial charge >= 0.3 is 5.97 Å². The topological polar surface area (TPSA) is 43.4 Å². The van der Waals surface area contributed by atoms with Crippen molar-refractivity contribution in [1.29, 1.82) is 0 Å². The monoisotopic (exact) mass is 268 g/mol. The molecule has 2 rings (SSSR count). The zero-order valence-electron chi connectivity index (χ0n) is 11.5. The van der Waals surface area contributed by atoms with E-state index < -0.39 is 12.1 Å². The molecule has 0 spiro atoms. The SMILES string of the molecule is Cc1ccc(C(=O)[C@H](C)OC(=O)c2ccccc2)cc1. The van der Waals surface area contributed by atoms with Crippen LogP contribution >= 0.6 is 0 Å². The Morgan fingerprint density at radius 3 is 2.10 bits per heavy atom. The van der Waals surface area contributed by atoms with Gasteiger partial charge in [-0.25, -0.2) is 4.79 Å². The minimum Gasteiger partial charge on any atom is -0.451 e. The van der Waals surface area contributed by atoms with Crippen molar-refractivity contribution in [2.75, 3.05) is 0 Å². The zero-order chi connectivity index (χ0) is 14.5. The second kappa shape index (κ2) is 6.15. The fourth-order valence-corrected chi connectivity index (χ4v) is 1.81. The van der Waals surface area contributed by atoms with Crippen molar-refractivity contribution < 1.29 is 14.3 Å². The number of esters is 1. The molecule has 0 radical (unpaired) electrons. The molecule has 3 nitrogen and oxygen atoms in total. The third kappa shape index (κ3) is 3.32. The summed E-state index contributed by atoms with van der Waals surface area (Å²) >= 11 is 0. The van der Waals surface area contributed by atoms with Crippen molar-refractivity contribution in [3.05, 3.63) is 71.3 Å². The van der Waals surface area contributed by atoms with Crippen LogP contribution in [0.4, 0.5) is 0 Å². The van der Waals surface area contributed by atoms with Crippen LogP contribution in [0.3, 0.4) is 0 Å². The number of ketones is 1. The minimum atomic E-state index is -0.801. The summed E-state index contributed by atoms with van der Waals surface area (Å²) in [5.41, 5.74) is 2.07. The highest BCUT2D eigenvalue weighted by Crippen LogP contribution is 2.10. The summed E-state index contributed by atoms with van der Waals surface area (Å²) in [6, 6.07) is 15.8. The zero-order valence-corrected chi connectivity index (χ0v) is 11.5. The lowest BCUT2D eigenvalue weighted by Crippen LogP contribution is -2.24. The molecule has 0 saturated carbocycles. The first kappa shape index (κ1) is 14.0. The number of hydrogen-bond donors (Lipinski definition) is 0. The second-order valence-electron chi connectivity index (χ2n) is 4.64. The van der Waals surface area contributed by atoms with Gasteiger partial charge in [-0.1, -0.05) is 48.0 Å². The van der Waals surface area contributed by atoms with Crippen LogP contribution in [0, 0.1) is 6.92 Å². The smallest absolute Gasteiger partial charge is 0.338 e. The van der Waals surface area contributed by atoms with Gasteiger partial charge in [0.15, 0.2) is 6.10 Å². The highest BCUT2D eigenvalue weighted by Gasteiger charge is 2.20. The van der Waals surface area contributed by atoms with E-state index in [1.165, 1.54) is 0 Å². The molecule has 0 aromatic heterocycles. The number of benzene rings is 2. The van der Waals surface area contributed by atoms with E-state index in [1.54, 1.807) is 43.3 Å². The number of rotatable bonds is 4. The lowest BCUT2D eigenvalue weighted by Gasteiger charge is -2.12. The van der Waals surface area contributed by atoms with Crippen molar-refractivity contribution in [2.24, 2.45) is 0 Å². The van der Waals surface area contributed by atoms with E-state index in [4.69, 9.17) is 4.74 Å². The maximum absolute atomic E-state index is 12.1. The first-order valence-electron chi connectivity index (χ1n) is 6.45. The van der Waals surface area contributed by atoms with Crippen molar-refractivity contribution in [3.63, 3.8) is 0 Å². The standard InChI is InChI=1S/C17H16O3/c1-12-8-10-14(11-9-12)16(18)13(2)20-17(19)15-6-4-3-5-7-15/h3-11,13H,1-2H3/t13-/m0/s1. The van der Waals surface area contributed by atoms with Gasteiger partial charge in [0.25, 0.3) is 0 Å². The van der Waals surface area contributed by atoms with Crippen LogP contribution in [-0.4, -0.2) is 17.9 Å². The first-order chi connectivity index (χ1) is 9.58. The van der Waals surface area contributed by atoms with E-state index in [0.717, 1.165) is 5.56 Å². The molecule has 1 atom stereocenters. The van der Waals surface area contributed by atoms with Crippen molar-refractivity contribution in [1.82, 2.24) is 0 Å². The summed E-state index contributed by atoms with van der Waals surface area (Å²) in [5, 5.41) is 0. The predicted octanol–water partition coefficient (Wildman–Crippen LogP) is 3.42. The summed E-state index contributed by atoms with van der Waals surface area (Å²) in [7, 11) is 0. The van der Waals surface area contributed by atoms with E-state index in [1.807, 2.05) is 25.1 Å². The van der Waals surface area contributed by atoms with Crippen LogP contribution in [0.15, 0.2) is 54.6 Å². The summed E-state index contributed by atoms with van der Waals surface area (Å²) in [6.45, 7) is 3.54. The Bertz CT molecular complexity index is 600. The fourth-order valence-electron chi connectivity index (χ4n) is 1.81. The Hall–Kier alpha value is -2.42. The minimum absolute atomic E-state index is 0.200. The highest BCUT2D eigenvalue weighted by atomic mass is 16.5. The third-order valence-electron chi connectivity index (χ3n) is 3.00. The van der Waals surface area contributed by atoms with Gasteiger partial charge in [-0.3, -0.25) is 4.79 Å². The van der Waals surface area contributed by atoms with Gasteiger partial charge in [-0.05, 0) is 26.0 Å². The second-order valence-corrected chi connectivity index (χ2v) is 4.64. The van der Waals surface area contributed by atoms with Crippen molar-refractivity contribution >= 4 is 11.8 Å². The molecule has 3 heteroatoms. The summed E-state index contributed by atoms with van der Waals surface area (Å²) in [5.74, 6) is -0.687. The molecule has 0 bridgehead atoms. The largest absolute Gasteiger partial charge is 0.451 e. The molecule has 0 heterocycles. The lowest BCUT2D eigenvalue weighted by atomic mass is 10.1. The molecule has 0 amide bonds. The van der Waals surface area contributed by atoms with Crippen LogP contribution in [0.5, 0.6) is 0 Å². The van der Waals surface area contributed by atoms with E-state index >= 15 is 0 Å². The molecule has 0 unspecified atom stereocenters. The van der Waals surface area contributed by atoms with Gasteiger partial charge in [0.1, 0.15) is 0 Å². The number of aryl methyl sites for hydroxylation is 1. The predicted molar refractivity (Wildman–Crippen MR) is 76.8 cm³/mol. The number of ether oxygens (including phenoxy) is 1. The van der Waals surface area contributed by atoms with Crippen LogP contribution in [0.25, 0.3) is 0 Å². The Balaban J connectivity index is 2.05. The maximum atomic E-state index is 12.1. The first-order valence-corrected chi connectivity index (χ1v) is 6.45. The van der Waals surface area contributed by atoms with Gasteiger partial charge in [-0.2, -0.15) is 0 Å². The van der Waals surface area contributed by atoms with Crippen LogP contribution in [-0.2, 0) is 4.74 Å². The molecule has 20 heavy (non-hydrogen) atoms. The molecule has 2 aromatic rings. The van der Waals surface area contributed by atoms with E-state index in [2.05, 4.69) is 0 Å². The normalized spacial score (nSPS) is 11.7. The van der Waals surface area contributed by atoms with Gasteiger partial charge in [0.2, 0.25) is 5.78 Å². The molecular formula is C17H16O3. The highest BCUT2D eigenvalue weighted by molar-refractivity contribution is 6.01. The number of carbonyl (C=O) groups excluding carboxylic acids is 2. The molecular weight excluding hydrogens is 252 g/mol. The van der Waals surface area contributed by atoms with Crippen LogP contribution in [0.2, 0.25) is 0 Å². The van der Waals surface area contributed by atoms with Gasteiger partial charge in [0, 0.05) is 5.56 Å². The molecule has 2 aromatic carbocycles. The van der Waals surface area contributed by atoms with E-state index in [-0.39, 0.29) is 5.78 Å². The van der Waals surface area contributed by atoms with E-state index in [0.29, 0.717) is 11.1 Å². The number of hydrogen-bond acceptors (Lipinski definition) is 3. The Labute approximate surface area is 118 Å². The molecule has 0 fully saturated rings. The average Bonchev–Trinajstić information content (AvgIpc) is 2.48. The molecule has 0 aliphatic carbocycles. The van der Waals surface area contributed by atoms with Gasteiger partial charge in [0.05, 0.1) is 5.56 Å². The quantitative estimate of drug-likeness (QED) is 0.630. The van der Waals surface area contributed by atoms with Gasteiger partial charge in [-0.15, -0.1) is 0 Å². The summed E-state index contributed by atoms with van der Waals surface area (Å²) in [4.78, 5) is 24.0. The van der Waals surface area contributed by atoms with Crippen molar-refractivity contribution in [3.8, 4) is 0 Å². The maximum Gasteiger partial charge on any atom is 0.338 e. The Morgan fingerprint density at radius 2 is 1.50 bits per heavy atom. The molecule has 0 aliphatic rings. The molecule has 0 N–H and O–H groups in total. The van der Waals surface area contributed by atoms with Crippen LogP contribution < -0.4 is 0 Å². The average molecular weight is 268 g/mol. The fraction of sp³-hybridized carbons (Fsp3) is 0.176. The molecule has 0 aliphatic heterocycles. The summed E-state index contributed by atoms with van der Waals surface area (Å²) < 4.78 is 5.19. The number of carbonyl (C=O) groups is 2. The molecule has 102 valence electrons. The van der Waals surface area contributed by atoms with Gasteiger partial charge < -0.3 is 4.74 Å².